The number of hydrogen-bond acceptors (Lipinski definition) is 6. The lowest BCUT2D eigenvalue weighted by atomic mass is 10.1. The first kappa shape index (κ1) is 19.4. The first-order valence-electron chi connectivity index (χ1n) is 10.4. The summed E-state index contributed by atoms with van der Waals surface area (Å²) in [5.74, 6) is 0.498. The van der Waals surface area contributed by atoms with Crippen molar-refractivity contribution < 1.29 is 0 Å². The van der Waals surface area contributed by atoms with Crippen LogP contribution in [-0.2, 0) is 0 Å². The summed E-state index contributed by atoms with van der Waals surface area (Å²) in [6, 6.07) is 11.9. The summed E-state index contributed by atoms with van der Waals surface area (Å²) < 4.78 is 1.80. The van der Waals surface area contributed by atoms with Gasteiger partial charge in [0.25, 0.3) is 5.56 Å². The molecule has 3 heterocycles. The van der Waals surface area contributed by atoms with E-state index in [1.807, 2.05) is 12.1 Å². The van der Waals surface area contributed by atoms with Gasteiger partial charge < -0.3 is 15.5 Å². The van der Waals surface area contributed by atoms with Gasteiger partial charge in [-0.05, 0) is 43.2 Å². The molecular weight excluding hydrogens is 364 g/mol. The van der Waals surface area contributed by atoms with Crippen molar-refractivity contribution in [2.75, 3.05) is 36.4 Å². The fourth-order valence-electron chi connectivity index (χ4n) is 3.91. The molecule has 29 heavy (non-hydrogen) atoms. The lowest BCUT2D eigenvalue weighted by molar-refractivity contribution is 0.470. The van der Waals surface area contributed by atoms with E-state index in [0.29, 0.717) is 11.6 Å². The fraction of sp³-hybridized carbons (Fsp3) is 0.409. The lowest BCUT2D eigenvalue weighted by Gasteiger charge is -2.29. The number of fused-ring (bicyclic) bond motifs is 1. The van der Waals surface area contributed by atoms with Crippen LogP contribution in [0.5, 0.6) is 0 Å². The Labute approximate surface area is 170 Å². The number of rotatable bonds is 6. The number of pyridine rings is 1. The van der Waals surface area contributed by atoms with E-state index in [0.717, 1.165) is 50.1 Å². The zero-order valence-electron chi connectivity index (χ0n) is 17.1. The maximum Gasteiger partial charge on any atom is 0.252 e. The van der Waals surface area contributed by atoms with Gasteiger partial charge >= 0.3 is 0 Å². The first-order valence-corrected chi connectivity index (χ1v) is 10.4. The van der Waals surface area contributed by atoms with Crippen LogP contribution in [0.3, 0.4) is 0 Å². The number of nitrogens with one attached hydrogen (secondary N) is 2. The molecule has 4 rings (SSSR count). The average Bonchev–Trinajstić information content (AvgIpc) is 2.77. The Morgan fingerprint density at radius 2 is 1.79 bits per heavy atom. The highest BCUT2D eigenvalue weighted by atomic mass is 16.1. The Balaban J connectivity index is 1.61. The van der Waals surface area contributed by atoms with Gasteiger partial charge in [0.2, 0.25) is 5.95 Å². The molecule has 7 heteroatoms. The molecule has 0 radical (unpaired) electrons. The van der Waals surface area contributed by atoms with Crippen LogP contribution in [0.25, 0.3) is 11.0 Å². The molecule has 0 bridgehead atoms. The van der Waals surface area contributed by atoms with Gasteiger partial charge in [-0.15, -0.1) is 0 Å². The third kappa shape index (κ3) is 4.10. The number of nitrogens with zero attached hydrogens (tertiary/aromatic N) is 4. The Hall–Kier alpha value is -2.93. The smallest absolute Gasteiger partial charge is 0.252 e. The Morgan fingerprint density at radius 1 is 1.07 bits per heavy atom. The number of piperazine rings is 1. The molecule has 0 unspecified atom stereocenters. The van der Waals surface area contributed by atoms with Crippen LogP contribution >= 0.6 is 0 Å². The predicted molar refractivity (Wildman–Crippen MR) is 118 cm³/mol. The number of anilines is 3. The van der Waals surface area contributed by atoms with Crippen molar-refractivity contribution in [3.63, 3.8) is 0 Å². The SMILES string of the molecule is CCC(CC)n1c(=O)ccc2cnc(Nc3ccc(N4CCNCC4)cc3)nc21. The summed E-state index contributed by atoms with van der Waals surface area (Å²) >= 11 is 0. The van der Waals surface area contributed by atoms with Gasteiger partial charge in [-0.25, -0.2) is 4.98 Å². The van der Waals surface area contributed by atoms with E-state index < -0.39 is 0 Å². The quantitative estimate of drug-likeness (QED) is 0.670. The highest BCUT2D eigenvalue weighted by molar-refractivity contribution is 5.76. The molecule has 1 aromatic carbocycles. The lowest BCUT2D eigenvalue weighted by Crippen LogP contribution is -2.43. The van der Waals surface area contributed by atoms with Crippen LogP contribution in [0, 0.1) is 0 Å². The predicted octanol–water partition coefficient (Wildman–Crippen LogP) is 3.31. The van der Waals surface area contributed by atoms with Crippen molar-refractivity contribution >= 4 is 28.4 Å². The molecule has 2 aromatic heterocycles. The molecule has 7 nitrogen and oxygen atoms in total. The third-order valence-electron chi connectivity index (χ3n) is 5.58. The number of hydrogen-bond donors (Lipinski definition) is 2. The molecule has 0 amide bonds. The Morgan fingerprint density at radius 3 is 2.48 bits per heavy atom. The van der Waals surface area contributed by atoms with Crippen molar-refractivity contribution in [1.29, 1.82) is 0 Å². The molecule has 0 spiro atoms. The zero-order chi connectivity index (χ0) is 20.2. The number of benzene rings is 1. The molecular formula is C22H28N6O. The van der Waals surface area contributed by atoms with Crippen molar-refractivity contribution in [3.05, 3.63) is 52.9 Å². The molecule has 3 aromatic rings. The minimum atomic E-state index is -0.0174. The van der Waals surface area contributed by atoms with Gasteiger partial charge in [-0.2, -0.15) is 4.98 Å². The van der Waals surface area contributed by atoms with Crippen LogP contribution in [0.1, 0.15) is 32.7 Å². The largest absolute Gasteiger partial charge is 0.369 e. The highest BCUT2D eigenvalue weighted by Gasteiger charge is 2.14. The summed E-state index contributed by atoms with van der Waals surface area (Å²) in [6.45, 7) is 8.27. The zero-order valence-corrected chi connectivity index (χ0v) is 17.1. The van der Waals surface area contributed by atoms with E-state index in [9.17, 15) is 4.79 Å². The Kier molecular flexibility index (Phi) is 5.76. The monoisotopic (exact) mass is 392 g/mol. The Bertz CT molecular complexity index is 1020. The van der Waals surface area contributed by atoms with E-state index in [1.54, 1.807) is 22.9 Å². The van der Waals surface area contributed by atoms with Crippen molar-refractivity contribution in [2.24, 2.45) is 0 Å². The van der Waals surface area contributed by atoms with E-state index in [2.05, 4.69) is 51.5 Å². The molecule has 1 fully saturated rings. The topological polar surface area (TPSA) is 75.1 Å². The van der Waals surface area contributed by atoms with Crippen LogP contribution < -0.4 is 21.1 Å². The van der Waals surface area contributed by atoms with Crippen molar-refractivity contribution in [2.45, 2.75) is 32.7 Å². The standard InChI is InChI=1S/C22H28N6O/c1-3-18(4-2)28-20(29)10-5-16-15-24-22(26-21(16)28)25-17-6-8-19(9-7-17)27-13-11-23-12-14-27/h5-10,15,18,23H,3-4,11-14H2,1-2H3,(H,24,25,26). The number of aromatic nitrogens is 3. The van der Waals surface area contributed by atoms with Crippen molar-refractivity contribution in [1.82, 2.24) is 19.9 Å². The van der Waals surface area contributed by atoms with Crippen LogP contribution in [0.4, 0.5) is 17.3 Å². The fourth-order valence-corrected chi connectivity index (χ4v) is 3.91. The molecule has 1 aliphatic rings. The van der Waals surface area contributed by atoms with Crippen LogP contribution in [-0.4, -0.2) is 40.7 Å². The van der Waals surface area contributed by atoms with E-state index >= 15 is 0 Å². The van der Waals surface area contributed by atoms with E-state index in [4.69, 9.17) is 0 Å². The van der Waals surface area contributed by atoms with Gasteiger partial charge in [-0.3, -0.25) is 9.36 Å². The molecule has 0 saturated carbocycles. The summed E-state index contributed by atoms with van der Waals surface area (Å²) in [6.07, 6.45) is 3.55. The van der Waals surface area contributed by atoms with Crippen molar-refractivity contribution in [3.8, 4) is 0 Å². The minimum absolute atomic E-state index is 0.0174. The molecule has 0 aliphatic carbocycles. The van der Waals surface area contributed by atoms with E-state index in [-0.39, 0.29) is 11.6 Å². The second-order valence-electron chi connectivity index (χ2n) is 7.39. The van der Waals surface area contributed by atoms with Gasteiger partial charge in [-0.1, -0.05) is 13.8 Å². The molecule has 1 saturated heterocycles. The normalized spacial score (nSPS) is 14.5. The summed E-state index contributed by atoms with van der Waals surface area (Å²) in [5.41, 5.74) is 2.81. The van der Waals surface area contributed by atoms with Gasteiger partial charge in [0, 0.05) is 61.2 Å². The maximum atomic E-state index is 12.5. The summed E-state index contributed by atoms with van der Waals surface area (Å²) in [5, 5.41) is 7.52. The van der Waals surface area contributed by atoms with Crippen LogP contribution in [0.15, 0.2) is 47.4 Å². The molecule has 2 N–H and O–H groups in total. The van der Waals surface area contributed by atoms with Gasteiger partial charge in [0.1, 0.15) is 5.65 Å². The third-order valence-corrected chi connectivity index (χ3v) is 5.58. The second kappa shape index (κ2) is 8.61. The summed E-state index contributed by atoms with van der Waals surface area (Å²) in [7, 11) is 0. The van der Waals surface area contributed by atoms with Gasteiger partial charge in [0.15, 0.2) is 0 Å². The van der Waals surface area contributed by atoms with E-state index in [1.165, 1.54) is 5.69 Å². The maximum absolute atomic E-state index is 12.5. The highest BCUT2D eigenvalue weighted by Crippen LogP contribution is 2.23. The minimum Gasteiger partial charge on any atom is -0.369 e. The van der Waals surface area contributed by atoms with Gasteiger partial charge in [0.05, 0.1) is 0 Å². The molecule has 1 aliphatic heterocycles. The summed E-state index contributed by atoms with van der Waals surface area (Å²) in [4.78, 5) is 24.0. The molecule has 152 valence electrons. The second-order valence-corrected chi connectivity index (χ2v) is 7.39. The first-order chi connectivity index (χ1) is 14.2. The van der Waals surface area contributed by atoms with Crippen LogP contribution in [0.2, 0.25) is 0 Å². The average molecular weight is 393 g/mol. The molecule has 0 atom stereocenters.